The summed E-state index contributed by atoms with van der Waals surface area (Å²) in [6.07, 6.45) is -0.645. The van der Waals surface area contributed by atoms with Gasteiger partial charge >= 0.3 is 0 Å². The van der Waals surface area contributed by atoms with Crippen LogP contribution in [0.1, 0.15) is 20.8 Å². The summed E-state index contributed by atoms with van der Waals surface area (Å²) in [7, 11) is 0. The third-order valence-corrected chi connectivity index (χ3v) is 2.52. The summed E-state index contributed by atoms with van der Waals surface area (Å²) in [4.78, 5) is 10.7. The fourth-order valence-electron chi connectivity index (χ4n) is 1.51. The summed E-state index contributed by atoms with van der Waals surface area (Å²) in [6, 6.07) is 6.94. The fraction of sp³-hybridized carbons (Fsp3) is 0.533. The molecule has 1 aromatic carbocycles. The highest BCUT2D eigenvalue weighted by atomic mass is 35.5. The Kier molecular flexibility index (Phi) is 8.86. The number of aliphatic hydroxyl groups is 1. The Morgan fingerprint density at radius 1 is 1.27 bits per heavy atom. The lowest BCUT2D eigenvalue weighted by Crippen LogP contribution is -2.42. The average Bonchev–Trinajstić information content (AvgIpc) is 2.40. The molecule has 0 saturated carbocycles. The van der Waals surface area contributed by atoms with E-state index in [1.165, 1.54) is 0 Å². The lowest BCUT2D eigenvalue weighted by atomic mass is 10.1. The van der Waals surface area contributed by atoms with Crippen LogP contribution in [0.3, 0.4) is 0 Å². The second-order valence-electron chi connectivity index (χ2n) is 5.80. The summed E-state index contributed by atoms with van der Waals surface area (Å²) in [6.45, 7) is 6.40. The van der Waals surface area contributed by atoms with Gasteiger partial charge in [0.2, 0.25) is 0 Å². The predicted octanol–water partition coefficient (Wildman–Crippen LogP) is 1.10. The van der Waals surface area contributed by atoms with Gasteiger partial charge in [0.05, 0.1) is 0 Å². The van der Waals surface area contributed by atoms with Crippen LogP contribution in [0.25, 0.3) is 0 Å². The van der Waals surface area contributed by atoms with E-state index in [0.717, 1.165) is 0 Å². The smallest absolute Gasteiger partial charge is 0.255 e. The maximum atomic E-state index is 10.7. The normalized spacial score (nSPS) is 12.2. The van der Waals surface area contributed by atoms with Crippen molar-refractivity contribution in [3.63, 3.8) is 0 Å². The molecule has 6 nitrogen and oxygen atoms in total. The number of nitrogens with two attached hydrogens (primary N) is 1. The number of β-amino-alcohol motifs (C(OH)–C–C–N with tert-alkyl or cyclic N) is 1. The van der Waals surface area contributed by atoms with Crippen LogP contribution in [0, 0.1) is 0 Å². The van der Waals surface area contributed by atoms with E-state index in [9.17, 15) is 9.90 Å². The van der Waals surface area contributed by atoms with Gasteiger partial charge in [0.1, 0.15) is 12.7 Å². The molecular formula is C15H25ClN2O4. The molecule has 1 rings (SSSR count). The molecule has 0 aliphatic heterocycles. The second-order valence-corrected chi connectivity index (χ2v) is 5.80. The van der Waals surface area contributed by atoms with Crippen LogP contribution in [0.2, 0.25) is 0 Å². The van der Waals surface area contributed by atoms with Crippen molar-refractivity contribution in [3.8, 4) is 11.5 Å². The van der Waals surface area contributed by atoms with Crippen molar-refractivity contribution in [2.45, 2.75) is 32.4 Å². The fourth-order valence-corrected chi connectivity index (χ4v) is 1.51. The number of rotatable bonds is 8. The molecule has 7 heteroatoms. The van der Waals surface area contributed by atoms with Crippen molar-refractivity contribution in [2.75, 3.05) is 19.8 Å². The first-order chi connectivity index (χ1) is 9.78. The molecule has 0 aliphatic rings. The predicted molar refractivity (Wildman–Crippen MR) is 87.6 cm³/mol. The molecule has 126 valence electrons. The standard InChI is InChI=1S/C15H24N2O4.ClH/c1-15(2,3)17-8-11(18)9-20-12-6-4-5-7-13(12)21-10-14(16)19;/h4-7,11,17-18H,8-10H2,1-3H3,(H2,16,19);1H. The highest BCUT2D eigenvalue weighted by Gasteiger charge is 2.13. The van der Waals surface area contributed by atoms with E-state index in [1.807, 2.05) is 20.8 Å². The number of hydrogen-bond acceptors (Lipinski definition) is 5. The molecule has 1 unspecified atom stereocenters. The Labute approximate surface area is 137 Å². The van der Waals surface area contributed by atoms with Gasteiger partial charge in [0.25, 0.3) is 5.91 Å². The van der Waals surface area contributed by atoms with Crippen molar-refractivity contribution in [2.24, 2.45) is 5.73 Å². The molecule has 4 N–H and O–H groups in total. The Morgan fingerprint density at radius 2 is 1.82 bits per heavy atom. The first kappa shape index (κ1) is 20.5. The van der Waals surface area contributed by atoms with Gasteiger partial charge < -0.3 is 25.6 Å². The Bertz CT molecular complexity index is 463. The van der Waals surface area contributed by atoms with Gasteiger partial charge in [-0.1, -0.05) is 12.1 Å². The molecule has 0 fully saturated rings. The van der Waals surface area contributed by atoms with Crippen molar-refractivity contribution in [1.29, 1.82) is 0 Å². The highest BCUT2D eigenvalue weighted by Crippen LogP contribution is 2.26. The number of primary amides is 1. The van der Waals surface area contributed by atoms with Crippen LogP contribution in [-0.2, 0) is 4.79 Å². The van der Waals surface area contributed by atoms with E-state index < -0.39 is 12.0 Å². The maximum Gasteiger partial charge on any atom is 0.255 e. The summed E-state index contributed by atoms with van der Waals surface area (Å²) in [5.41, 5.74) is 4.97. The van der Waals surface area contributed by atoms with Gasteiger partial charge in [-0.2, -0.15) is 0 Å². The first-order valence-corrected chi connectivity index (χ1v) is 6.84. The van der Waals surface area contributed by atoms with Crippen molar-refractivity contribution in [3.05, 3.63) is 24.3 Å². The van der Waals surface area contributed by atoms with E-state index in [0.29, 0.717) is 18.0 Å². The number of para-hydroxylation sites is 2. The number of benzene rings is 1. The topological polar surface area (TPSA) is 93.8 Å². The number of carbonyl (C=O) groups is 1. The van der Waals surface area contributed by atoms with Gasteiger partial charge in [-0.15, -0.1) is 12.4 Å². The number of halogens is 1. The zero-order valence-electron chi connectivity index (χ0n) is 13.2. The number of nitrogens with one attached hydrogen (secondary N) is 1. The molecule has 0 bridgehead atoms. The van der Waals surface area contributed by atoms with E-state index in [4.69, 9.17) is 15.2 Å². The van der Waals surface area contributed by atoms with E-state index in [-0.39, 0.29) is 31.2 Å². The molecule has 0 spiro atoms. The Morgan fingerprint density at radius 3 is 2.32 bits per heavy atom. The molecule has 1 aromatic rings. The highest BCUT2D eigenvalue weighted by molar-refractivity contribution is 5.85. The van der Waals surface area contributed by atoms with Gasteiger partial charge in [-0.3, -0.25) is 4.79 Å². The number of ether oxygens (including phenoxy) is 2. The molecule has 1 amide bonds. The number of hydrogen-bond donors (Lipinski definition) is 3. The Balaban J connectivity index is 0.00000441. The van der Waals surface area contributed by atoms with Gasteiger partial charge in [-0.25, -0.2) is 0 Å². The van der Waals surface area contributed by atoms with Crippen LogP contribution in [-0.4, -0.2) is 42.4 Å². The van der Waals surface area contributed by atoms with Gasteiger partial charge in [0, 0.05) is 12.1 Å². The van der Waals surface area contributed by atoms with Gasteiger partial charge in [0.15, 0.2) is 18.1 Å². The van der Waals surface area contributed by atoms with E-state index in [2.05, 4.69) is 5.32 Å². The lowest BCUT2D eigenvalue weighted by molar-refractivity contribution is -0.119. The third-order valence-electron chi connectivity index (χ3n) is 2.52. The van der Waals surface area contributed by atoms with Crippen molar-refractivity contribution in [1.82, 2.24) is 5.32 Å². The summed E-state index contributed by atoms with van der Waals surface area (Å²) >= 11 is 0. The maximum absolute atomic E-state index is 10.7. The Hall–Kier alpha value is -1.50. The summed E-state index contributed by atoms with van der Waals surface area (Å²) in [5, 5.41) is 13.1. The number of carbonyl (C=O) groups excluding carboxylic acids is 1. The summed E-state index contributed by atoms with van der Waals surface area (Å²) in [5.74, 6) is 0.333. The molecule has 0 saturated heterocycles. The molecule has 0 radical (unpaired) electrons. The van der Waals surface area contributed by atoms with Crippen LogP contribution in [0.4, 0.5) is 0 Å². The van der Waals surface area contributed by atoms with E-state index >= 15 is 0 Å². The van der Waals surface area contributed by atoms with Crippen molar-refractivity contribution < 1.29 is 19.4 Å². The summed E-state index contributed by atoms with van der Waals surface area (Å²) < 4.78 is 10.8. The zero-order chi connectivity index (χ0) is 15.9. The minimum atomic E-state index is -0.645. The molecular weight excluding hydrogens is 308 g/mol. The van der Waals surface area contributed by atoms with Crippen LogP contribution >= 0.6 is 12.4 Å². The number of amides is 1. The SMILES string of the molecule is CC(C)(C)NCC(O)COc1ccccc1OCC(N)=O.Cl. The zero-order valence-corrected chi connectivity index (χ0v) is 14.0. The molecule has 1 atom stereocenters. The van der Waals surface area contributed by atoms with Crippen LogP contribution in [0.15, 0.2) is 24.3 Å². The first-order valence-electron chi connectivity index (χ1n) is 6.84. The van der Waals surface area contributed by atoms with Crippen molar-refractivity contribution >= 4 is 18.3 Å². The largest absolute Gasteiger partial charge is 0.487 e. The third kappa shape index (κ3) is 8.71. The van der Waals surface area contributed by atoms with Crippen LogP contribution in [0.5, 0.6) is 11.5 Å². The lowest BCUT2D eigenvalue weighted by Gasteiger charge is -2.23. The molecule has 0 aliphatic carbocycles. The molecule has 0 heterocycles. The van der Waals surface area contributed by atoms with Gasteiger partial charge in [-0.05, 0) is 32.9 Å². The van der Waals surface area contributed by atoms with E-state index in [1.54, 1.807) is 24.3 Å². The van der Waals surface area contributed by atoms with Crippen LogP contribution < -0.4 is 20.5 Å². The number of aliphatic hydroxyl groups excluding tert-OH is 1. The minimum Gasteiger partial charge on any atom is -0.487 e. The quantitative estimate of drug-likeness (QED) is 0.663. The second kappa shape index (κ2) is 9.50. The minimum absolute atomic E-state index is 0. The molecule has 0 aromatic heterocycles. The molecule has 22 heavy (non-hydrogen) atoms. The average molecular weight is 333 g/mol. The monoisotopic (exact) mass is 332 g/mol.